The van der Waals surface area contributed by atoms with E-state index >= 15 is 0 Å². The van der Waals surface area contributed by atoms with Crippen LogP contribution >= 0.6 is 24.0 Å². The average Bonchev–Trinajstić information content (AvgIpc) is 2.96. The number of methoxy groups -OCH3 is 1. The molecule has 0 aliphatic carbocycles. The summed E-state index contributed by atoms with van der Waals surface area (Å²) in [6.45, 7) is 1.08. The number of hydrazine groups is 1. The fraction of sp³-hybridized carbons (Fsp3) is 0.105. The molecule has 2 aromatic rings. The largest absolute Gasteiger partial charge is 0.497 e. The van der Waals surface area contributed by atoms with Crippen molar-refractivity contribution in [3.8, 4) is 5.75 Å². The number of ether oxygens (including phenoxy) is 1. The Balaban J connectivity index is 0.000000687. The van der Waals surface area contributed by atoms with E-state index in [1.165, 1.54) is 12.4 Å². The third kappa shape index (κ3) is 6.40. The van der Waals surface area contributed by atoms with Gasteiger partial charge in [-0.25, -0.2) is 0 Å². The second-order valence-corrected chi connectivity index (χ2v) is 7.16. The third-order valence-corrected chi connectivity index (χ3v) is 4.67. The number of amides is 2. The number of nitrogens with zero attached hydrogens (tertiary/aromatic N) is 2. The molecule has 2 amide bonds. The number of hydrogen-bond donors (Lipinski definition) is 2. The number of carboxylic acids is 1. The monoisotopic (exact) mass is 431 g/mol. The Labute approximate surface area is 176 Å². The topological polar surface area (TPSA) is 109 Å². The summed E-state index contributed by atoms with van der Waals surface area (Å²) in [5.74, 6) is -0.896. The highest BCUT2D eigenvalue weighted by Crippen LogP contribution is 2.31. The summed E-state index contributed by atoms with van der Waals surface area (Å²) in [6, 6.07) is 10.4. The van der Waals surface area contributed by atoms with Crippen LogP contribution in [0.2, 0.25) is 0 Å². The third-order valence-electron chi connectivity index (χ3n) is 3.36. The second kappa shape index (κ2) is 10.3. The molecule has 1 aromatic carbocycles. The van der Waals surface area contributed by atoms with Crippen LogP contribution in [0.1, 0.15) is 22.8 Å². The number of carbonyl (C=O) groups excluding carboxylic acids is 2. The molecule has 10 heteroatoms. The maximum absolute atomic E-state index is 12.5. The number of aromatic nitrogens is 1. The van der Waals surface area contributed by atoms with Crippen molar-refractivity contribution in [2.75, 3.05) is 7.11 Å². The molecule has 1 aliphatic heterocycles. The van der Waals surface area contributed by atoms with Gasteiger partial charge < -0.3 is 9.84 Å². The van der Waals surface area contributed by atoms with E-state index in [0.717, 1.165) is 35.0 Å². The predicted molar refractivity (Wildman–Crippen MR) is 113 cm³/mol. The Morgan fingerprint density at radius 3 is 2.34 bits per heavy atom. The molecule has 0 radical (unpaired) electrons. The number of pyridine rings is 1. The summed E-state index contributed by atoms with van der Waals surface area (Å²) in [7, 11) is 1.59. The molecule has 1 saturated heterocycles. The van der Waals surface area contributed by atoms with E-state index < -0.39 is 11.9 Å². The molecule has 0 atom stereocenters. The van der Waals surface area contributed by atoms with Crippen LogP contribution in [0.4, 0.5) is 0 Å². The molecule has 0 bridgehead atoms. The molecule has 0 unspecified atom stereocenters. The lowest BCUT2D eigenvalue weighted by molar-refractivity contribution is -0.134. The molecule has 0 saturated carbocycles. The van der Waals surface area contributed by atoms with E-state index in [0.29, 0.717) is 10.5 Å². The molecule has 2 N–H and O–H groups in total. The Morgan fingerprint density at radius 1 is 1.21 bits per heavy atom. The summed E-state index contributed by atoms with van der Waals surface area (Å²) < 4.78 is 5.38. The summed E-state index contributed by atoms with van der Waals surface area (Å²) in [6.07, 6.45) is 4.73. The van der Waals surface area contributed by atoms with E-state index in [4.69, 9.17) is 26.9 Å². The number of thioether (sulfide) groups is 1. The first-order valence-corrected chi connectivity index (χ1v) is 9.37. The first-order valence-electron chi connectivity index (χ1n) is 8.14. The normalized spacial score (nSPS) is 14.3. The lowest BCUT2D eigenvalue weighted by Crippen LogP contribution is -2.44. The first kappa shape index (κ1) is 22.1. The van der Waals surface area contributed by atoms with Crippen molar-refractivity contribution >= 4 is 52.2 Å². The highest BCUT2D eigenvalue weighted by atomic mass is 32.2. The van der Waals surface area contributed by atoms with Gasteiger partial charge in [-0.2, -0.15) is 5.01 Å². The van der Waals surface area contributed by atoms with E-state index in [-0.39, 0.29) is 10.2 Å². The van der Waals surface area contributed by atoms with Crippen molar-refractivity contribution in [1.29, 1.82) is 0 Å². The van der Waals surface area contributed by atoms with Crippen LogP contribution in [0.3, 0.4) is 0 Å². The van der Waals surface area contributed by atoms with Crippen LogP contribution in [0.5, 0.6) is 5.75 Å². The van der Waals surface area contributed by atoms with Gasteiger partial charge in [-0.3, -0.25) is 24.8 Å². The van der Waals surface area contributed by atoms with Gasteiger partial charge in [0, 0.05) is 24.9 Å². The lowest BCUT2D eigenvalue weighted by Gasteiger charge is -2.15. The van der Waals surface area contributed by atoms with Gasteiger partial charge in [0.15, 0.2) is 4.32 Å². The average molecular weight is 431 g/mol. The molecule has 1 aliphatic rings. The number of hydrogen-bond acceptors (Lipinski definition) is 7. The zero-order chi connectivity index (χ0) is 21.4. The van der Waals surface area contributed by atoms with Gasteiger partial charge >= 0.3 is 0 Å². The van der Waals surface area contributed by atoms with Crippen LogP contribution < -0.4 is 10.2 Å². The Kier molecular flexibility index (Phi) is 7.87. The highest BCUT2D eigenvalue weighted by Gasteiger charge is 2.33. The van der Waals surface area contributed by atoms with E-state index in [1.807, 2.05) is 12.1 Å². The minimum atomic E-state index is -0.833. The Bertz CT molecular complexity index is 942. The quantitative estimate of drug-likeness (QED) is 0.562. The van der Waals surface area contributed by atoms with Crippen molar-refractivity contribution in [1.82, 2.24) is 15.4 Å². The van der Waals surface area contributed by atoms with Crippen molar-refractivity contribution in [3.63, 3.8) is 0 Å². The minimum Gasteiger partial charge on any atom is -0.497 e. The van der Waals surface area contributed by atoms with E-state index in [9.17, 15) is 9.59 Å². The molecule has 150 valence electrons. The Hall–Kier alpha value is -3.24. The van der Waals surface area contributed by atoms with Crippen LogP contribution in [0.25, 0.3) is 6.08 Å². The number of aliphatic carboxylic acids is 1. The van der Waals surface area contributed by atoms with Crippen molar-refractivity contribution in [2.24, 2.45) is 0 Å². The van der Waals surface area contributed by atoms with Crippen molar-refractivity contribution < 1.29 is 24.2 Å². The van der Waals surface area contributed by atoms with Gasteiger partial charge in [0.05, 0.1) is 12.0 Å². The minimum absolute atomic E-state index is 0.271. The van der Waals surface area contributed by atoms with Crippen molar-refractivity contribution in [2.45, 2.75) is 6.92 Å². The lowest BCUT2D eigenvalue weighted by atomic mass is 10.2. The molecule has 29 heavy (non-hydrogen) atoms. The summed E-state index contributed by atoms with van der Waals surface area (Å²) >= 11 is 6.33. The zero-order valence-electron chi connectivity index (χ0n) is 15.5. The molecule has 1 aromatic heterocycles. The molecular weight excluding hydrogens is 414 g/mol. The smallest absolute Gasteiger partial charge is 0.300 e. The molecular formula is C19H17N3O5S2. The fourth-order valence-electron chi connectivity index (χ4n) is 2.08. The van der Waals surface area contributed by atoms with Gasteiger partial charge in [0.1, 0.15) is 5.75 Å². The summed E-state index contributed by atoms with van der Waals surface area (Å²) in [5, 5.41) is 8.50. The van der Waals surface area contributed by atoms with Crippen LogP contribution in [-0.2, 0) is 9.59 Å². The van der Waals surface area contributed by atoms with Gasteiger partial charge in [0.25, 0.3) is 17.8 Å². The van der Waals surface area contributed by atoms with Crippen LogP contribution in [-0.4, -0.2) is 44.3 Å². The maximum atomic E-state index is 12.5. The number of carbonyl (C=O) groups is 3. The number of nitrogens with one attached hydrogen (secondary N) is 1. The standard InChI is InChI=1S/C17H13N3O3S2.C2H4O2/c1-23-13-4-2-11(3-5-13)10-14-16(22)20(17(24)25-14)19-15(21)12-6-8-18-9-7-12;1-2(3)4/h2-10H,1H3,(H,19,21);1H3,(H,3,4)/b14-10-;. The van der Waals surface area contributed by atoms with Crippen molar-refractivity contribution in [3.05, 3.63) is 64.8 Å². The Morgan fingerprint density at radius 2 is 1.79 bits per heavy atom. The molecule has 1 fully saturated rings. The van der Waals surface area contributed by atoms with Gasteiger partial charge in [0.2, 0.25) is 0 Å². The van der Waals surface area contributed by atoms with Crippen LogP contribution in [0, 0.1) is 0 Å². The predicted octanol–water partition coefficient (Wildman–Crippen LogP) is 2.73. The van der Waals surface area contributed by atoms with E-state index in [1.54, 1.807) is 37.5 Å². The molecule has 8 nitrogen and oxygen atoms in total. The SMILES string of the molecule is CC(=O)O.COc1ccc(/C=C2\SC(=S)N(NC(=O)c3ccncc3)C2=O)cc1. The van der Waals surface area contributed by atoms with E-state index in [2.05, 4.69) is 10.4 Å². The second-order valence-electron chi connectivity index (χ2n) is 5.49. The highest BCUT2D eigenvalue weighted by molar-refractivity contribution is 8.26. The number of carboxylic acid groups (broad SMARTS) is 1. The van der Waals surface area contributed by atoms with Gasteiger partial charge in [-0.05, 0) is 48.1 Å². The first-order chi connectivity index (χ1) is 13.8. The summed E-state index contributed by atoms with van der Waals surface area (Å²) in [5.41, 5.74) is 3.75. The van der Waals surface area contributed by atoms with Crippen LogP contribution in [0.15, 0.2) is 53.7 Å². The fourth-order valence-corrected chi connectivity index (χ4v) is 3.26. The zero-order valence-corrected chi connectivity index (χ0v) is 17.1. The number of rotatable bonds is 4. The molecule has 0 spiro atoms. The number of benzene rings is 1. The maximum Gasteiger partial charge on any atom is 0.300 e. The van der Waals surface area contributed by atoms with Gasteiger partial charge in [-0.1, -0.05) is 23.9 Å². The summed E-state index contributed by atoms with van der Waals surface area (Å²) in [4.78, 5) is 38.0. The number of thiocarbonyl (C=S) groups is 1. The van der Waals surface area contributed by atoms with Gasteiger partial charge in [-0.15, -0.1) is 0 Å². The molecule has 2 heterocycles. The molecule has 3 rings (SSSR count).